The molecule has 0 radical (unpaired) electrons. The van der Waals surface area contributed by atoms with Gasteiger partial charge in [-0.15, -0.1) is 0 Å². The minimum Gasteiger partial charge on any atom is -0.493 e. The van der Waals surface area contributed by atoms with Gasteiger partial charge in [-0.1, -0.05) is 31.2 Å². The van der Waals surface area contributed by atoms with E-state index in [9.17, 15) is 13.2 Å². The van der Waals surface area contributed by atoms with E-state index in [1.807, 2.05) is 6.92 Å². The van der Waals surface area contributed by atoms with Crippen LogP contribution in [0.3, 0.4) is 0 Å². The number of carbonyl (C=O) groups excluding carboxylic acids is 1. The van der Waals surface area contributed by atoms with E-state index in [0.29, 0.717) is 17.2 Å². The number of amidine groups is 2. The third-order valence-electron chi connectivity index (χ3n) is 4.53. The number of hydrogen-bond donors (Lipinski definition) is 1. The van der Waals surface area contributed by atoms with Gasteiger partial charge >= 0.3 is 10.1 Å². The lowest BCUT2D eigenvalue weighted by molar-refractivity contribution is -0.114. The minimum absolute atomic E-state index is 0.00279. The average Bonchev–Trinajstić information content (AvgIpc) is 3.21. The first-order chi connectivity index (χ1) is 15.3. The molecule has 1 N–H and O–H groups in total. The highest BCUT2D eigenvalue weighted by molar-refractivity contribution is 8.26. The van der Waals surface area contributed by atoms with Gasteiger partial charge in [-0.2, -0.15) is 23.5 Å². The number of amides is 1. The normalized spacial score (nSPS) is 17.2. The maximum absolute atomic E-state index is 12.5. The second-order valence-electron chi connectivity index (χ2n) is 6.63. The standard InChI is InChI=1S/C21H18N4O5S2/c1-3-18-24-25-19(22)15(20(26)23-21(25)31-18)11-13-9-10-16(17(12-13)29-2)30-32(27,28)14-7-5-4-6-8-14/h4-12,22H,3H2,1-2H3. The molecule has 1 amide bonds. The Morgan fingerprint density at radius 3 is 2.59 bits per heavy atom. The van der Waals surface area contributed by atoms with Gasteiger partial charge in [0.25, 0.3) is 5.91 Å². The second-order valence-corrected chi connectivity index (χ2v) is 9.21. The van der Waals surface area contributed by atoms with Crippen molar-refractivity contribution in [1.29, 1.82) is 5.41 Å². The van der Waals surface area contributed by atoms with Crippen LogP contribution in [0.1, 0.15) is 18.9 Å². The first kappa shape index (κ1) is 21.8. The molecule has 2 aliphatic heterocycles. The van der Waals surface area contributed by atoms with Gasteiger partial charge in [0.1, 0.15) is 9.94 Å². The molecule has 0 aromatic heterocycles. The third-order valence-corrected chi connectivity index (χ3v) is 6.83. The molecule has 32 heavy (non-hydrogen) atoms. The van der Waals surface area contributed by atoms with E-state index in [0.717, 1.165) is 5.04 Å². The molecule has 0 bridgehead atoms. The Bertz CT molecular complexity index is 1300. The largest absolute Gasteiger partial charge is 0.493 e. The zero-order valence-electron chi connectivity index (χ0n) is 17.1. The second kappa shape index (κ2) is 8.60. The van der Waals surface area contributed by atoms with E-state index in [1.165, 1.54) is 54.2 Å². The Morgan fingerprint density at radius 1 is 1.16 bits per heavy atom. The summed E-state index contributed by atoms with van der Waals surface area (Å²) in [6.45, 7) is 1.93. The Labute approximate surface area is 189 Å². The van der Waals surface area contributed by atoms with Crippen LogP contribution in [0.5, 0.6) is 11.5 Å². The number of ether oxygens (including phenoxy) is 1. The molecule has 2 heterocycles. The lowest BCUT2D eigenvalue weighted by Gasteiger charge is -2.20. The van der Waals surface area contributed by atoms with E-state index in [-0.39, 0.29) is 27.8 Å². The van der Waals surface area contributed by atoms with E-state index in [4.69, 9.17) is 14.3 Å². The number of thioether (sulfide) groups is 1. The van der Waals surface area contributed by atoms with Crippen LogP contribution in [0.25, 0.3) is 6.08 Å². The van der Waals surface area contributed by atoms with Crippen LogP contribution in [0.2, 0.25) is 0 Å². The van der Waals surface area contributed by atoms with Crippen molar-refractivity contribution in [2.75, 3.05) is 7.11 Å². The topological polar surface area (TPSA) is 121 Å². The van der Waals surface area contributed by atoms with E-state index >= 15 is 0 Å². The van der Waals surface area contributed by atoms with Gasteiger partial charge < -0.3 is 8.92 Å². The van der Waals surface area contributed by atoms with Crippen LogP contribution in [-0.2, 0) is 14.9 Å². The summed E-state index contributed by atoms with van der Waals surface area (Å²) in [5.41, 5.74) is 0.563. The van der Waals surface area contributed by atoms with Crippen LogP contribution >= 0.6 is 11.8 Å². The molecule has 4 rings (SSSR count). The number of carbonyl (C=O) groups is 1. The first-order valence-corrected chi connectivity index (χ1v) is 11.7. The van der Waals surface area contributed by atoms with E-state index in [2.05, 4.69) is 10.1 Å². The van der Waals surface area contributed by atoms with Crippen molar-refractivity contribution in [3.05, 3.63) is 59.7 Å². The Balaban J connectivity index is 1.64. The molecule has 0 saturated carbocycles. The molecule has 164 valence electrons. The van der Waals surface area contributed by atoms with E-state index < -0.39 is 16.0 Å². The lowest BCUT2D eigenvalue weighted by atomic mass is 10.1. The summed E-state index contributed by atoms with van der Waals surface area (Å²) >= 11 is 1.27. The van der Waals surface area contributed by atoms with Crippen molar-refractivity contribution in [2.45, 2.75) is 18.2 Å². The fourth-order valence-corrected chi connectivity index (χ4v) is 4.72. The highest BCUT2D eigenvalue weighted by Crippen LogP contribution is 2.33. The maximum Gasteiger partial charge on any atom is 0.339 e. The summed E-state index contributed by atoms with van der Waals surface area (Å²) < 4.78 is 35.6. The van der Waals surface area contributed by atoms with Crippen LogP contribution < -0.4 is 8.92 Å². The molecular formula is C21H18N4O5S2. The van der Waals surface area contributed by atoms with Crippen LogP contribution in [-0.4, -0.2) is 42.5 Å². The maximum atomic E-state index is 12.5. The molecule has 2 aromatic rings. The summed E-state index contributed by atoms with van der Waals surface area (Å²) in [6, 6.07) is 12.3. The van der Waals surface area contributed by atoms with Crippen molar-refractivity contribution in [1.82, 2.24) is 5.01 Å². The molecule has 0 aliphatic carbocycles. The summed E-state index contributed by atoms with van der Waals surface area (Å²) in [7, 11) is -2.67. The van der Waals surface area contributed by atoms with Crippen molar-refractivity contribution in [3.63, 3.8) is 0 Å². The third kappa shape index (κ3) is 4.16. The summed E-state index contributed by atoms with van der Waals surface area (Å²) in [4.78, 5) is 16.5. The molecule has 0 atom stereocenters. The molecule has 11 heteroatoms. The summed E-state index contributed by atoms with van der Waals surface area (Å²) in [5.74, 6) is -0.480. The summed E-state index contributed by atoms with van der Waals surface area (Å²) in [5, 5.41) is 15.1. The SMILES string of the molecule is CCC1=NN2C(=N)C(=Cc3ccc(OS(=O)(=O)c4ccccc4)c(OC)c3)C(=O)N=C2S1. The van der Waals surface area contributed by atoms with Crippen molar-refractivity contribution in [2.24, 2.45) is 10.1 Å². The number of aliphatic imine (C=N–C) groups is 1. The van der Waals surface area contributed by atoms with Crippen molar-refractivity contribution in [3.8, 4) is 11.5 Å². The van der Waals surface area contributed by atoms with Gasteiger partial charge in [0, 0.05) is 0 Å². The Morgan fingerprint density at radius 2 is 1.91 bits per heavy atom. The van der Waals surface area contributed by atoms with Gasteiger partial charge in [0.05, 0.1) is 12.7 Å². The van der Waals surface area contributed by atoms with Crippen molar-refractivity contribution >= 4 is 49.9 Å². The Kier molecular flexibility index (Phi) is 5.85. The zero-order valence-corrected chi connectivity index (χ0v) is 18.7. The van der Waals surface area contributed by atoms with Gasteiger partial charge in [-0.25, -0.2) is 0 Å². The number of benzene rings is 2. The summed E-state index contributed by atoms with van der Waals surface area (Å²) in [6.07, 6.45) is 2.15. The zero-order chi connectivity index (χ0) is 22.9. The first-order valence-electron chi connectivity index (χ1n) is 9.49. The predicted octanol–water partition coefficient (Wildman–Crippen LogP) is 3.49. The van der Waals surface area contributed by atoms with Crippen molar-refractivity contribution < 1.29 is 22.1 Å². The highest BCUT2D eigenvalue weighted by Gasteiger charge is 2.35. The quantitative estimate of drug-likeness (QED) is 0.507. The van der Waals surface area contributed by atoms with Gasteiger partial charge in [0.15, 0.2) is 17.3 Å². The Hall–Kier alpha value is -3.44. The predicted molar refractivity (Wildman–Crippen MR) is 123 cm³/mol. The number of hydrogen-bond acceptors (Lipinski definition) is 8. The fourth-order valence-electron chi connectivity index (χ4n) is 2.94. The number of nitrogens with zero attached hydrogens (tertiary/aromatic N) is 3. The van der Waals surface area contributed by atoms with Crippen LogP contribution in [0, 0.1) is 5.41 Å². The van der Waals surface area contributed by atoms with Gasteiger partial charge in [-0.05, 0) is 54.1 Å². The van der Waals surface area contributed by atoms with Gasteiger partial charge in [-0.3, -0.25) is 10.2 Å². The molecule has 9 nitrogen and oxygen atoms in total. The average molecular weight is 471 g/mol. The number of nitrogens with one attached hydrogen (secondary N) is 1. The number of methoxy groups -OCH3 is 1. The molecule has 0 fully saturated rings. The molecule has 2 aromatic carbocycles. The molecular weight excluding hydrogens is 452 g/mol. The van der Waals surface area contributed by atoms with Crippen LogP contribution in [0.15, 0.2) is 69.1 Å². The minimum atomic E-state index is -4.05. The molecule has 0 spiro atoms. The lowest BCUT2D eigenvalue weighted by Crippen LogP contribution is -2.35. The van der Waals surface area contributed by atoms with E-state index in [1.54, 1.807) is 24.3 Å². The molecule has 2 aliphatic rings. The number of hydrazone groups is 1. The van der Waals surface area contributed by atoms with Crippen LogP contribution in [0.4, 0.5) is 0 Å². The van der Waals surface area contributed by atoms with Gasteiger partial charge in [0.2, 0.25) is 5.17 Å². The highest BCUT2D eigenvalue weighted by atomic mass is 32.2. The number of rotatable bonds is 6. The molecule has 0 unspecified atom stereocenters. The number of fused-ring (bicyclic) bond motifs is 1. The fraction of sp³-hybridized carbons (Fsp3) is 0.143. The molecule has 0 saturated heterocycles. The smallest absolute Gasteiger partial charge is 0.339 e. The monoisotopic (exact) mass is 470 g/mol.